The highest BCUT2D eigenvalue weighted by molar-refractivity contribution is 9.09. The summed E-state index contributed by atoms with van der Waals surface area (Å²) < 4.78 is 6.11. The number of amides is 2. The summed E-state index contributed by atoms with van der Waals surface area (Å²) in [7, 11) is 0. The van der Waals surface area contributed by atoms with E-state index < -0.39 is 41.5 Å². The third kappa shape index (κ3) is 2.82. The van der Waals surface area contributed by atoms with Crippen LogP contribution in [0.1, 0.15) is 20.3 Å². The van der Waals surface area contributed by atoms with Crippen LogP contribution >= 0.6 is 15.9 Å². The van der Waals surface area contributed by atoms with Crippen LogP contribution in [0.5, 0.6) is 0 Å². The van der Waals surface area contributed by atoms with E-state index in [1.165, 1.54) is 4.90 Å². The van der Waals surface area contributed by atoms with Gasteiger partial charge in [0.1, 0.15) is 11.6 Å². The Hall–Kier alpha value is -1.45. The summed E-state index contributed by atoms with van der Waals surface area (Å²) in [5, 5.41) is 19.2. The number of carboxylic acids is 1. The fourth-order valence-electron chi connectivity index (χ4n) is 4.89. The first-order valence-electron chi connectivity index (χ1n) is 9.08. The Morgan fingerprint density at radius 2 is 2.19 bits per heavy atom. The number of halogens is 1. The Morgan fingerprint density at radius 1 is 1.52 bits per heavy atom. The number of aliphatic carboxylic acids is 1. The lowest BCUT2D eigenvalue weighted by Gasteiger charge is -2.38. The Labute approximate surface area is 166 Å². The topological polar surface area (TPSA) is 107 Å². The summed E-state index contributed by atoms with van der Waals surface area (Å²) >= 11 is 3.48. The number of nitrogens with zero attached hydrogens (tertiary/aromatic N) is 2. The second-order valence-corrected chi connectivity index (χ2v) is 8.81. The van der Waals surface area contributed by atoms with Gasteiger partial charge in [0, 0.05) is 24.0 Å². The van der Waals surface area contributed by atoms with E-state index in [-0.39, 0.29) is 29.9 Å². The van der Waals surface area contributed by atoms with E-state index in [1.807, 2.05) is 13.8 Å². The van der Waals surface area contributed by atoms with Crippen molar-refractivity contribution in [1.29, 1.82) is 0 Å². The van der Waals surface area contributed by atoms with Crippen molar-refractivity contribution in [2.45, 2.75) is 48.9 Å². The minimum Gasteiger partial charge on any atom is -0.481 e. The number of carbonyl (C=O) groups excluding carboxylic acids is 2. The number of aliphatic hydroxyl groups is 1. The highest BCUT2D eigenvalue weighted by atomic mass is 79.9. The number of carbonyl (C=O) groups is 3. The van der Waals surface area contributed by atoms with Gasteiger partial charge in [0.2, 0.25) is 11.8 Å². The maximum atomic E-state index is 13.5. The van der Waals surface area contributed by atoms with Gasteiger partial charge < -0.3 is 24.7 Å². The monoisotopic (exact) mass is 444 g/mol. The second kappa shape index (κ2) is 7.18. The van der Waals surface area contributed by atoms with Crippen LogP contribution in [0.4, 0.5) is 0 Å². The number of β-amino-alcohol motifs (C(OH)–C–C–N with tert-alkyl or cyclic N) is 1. The maximum absolute atomic E-state index is 13.5. The normalized spacial score (nSPS) is 37.0. The lowest BCUT2D eigenvalue weighted by atomic mass is 9.70. The van der Waals surface area contributed by atoms with E-state index in [9.17, 15) is 24.6 Å². The molecule has 3 aliphatic heterocycles. The van der Waals surface area contributed by atoms with Gasteiger partial charge in [-0.2, -0.15) is 0 Å². The third-order valence-electron chi connectivity index (χ3n) is 5.88. The molecule has 0 radical (unpaired) electrons. The lowest BCUT2D eigenvalue weighted by Crippen LogP contribution is -2.58. The van der Waals surface area contributed by atoms with E-state index in [0.717, 1.165) is 0 Å². The molecule has 8 nitrogen and oxygen atoms in total. The van der Waals surface area contributed by atoms with Gasteiger partial charge in [-0.15, -0.1) is 6.58 Å². The van der Waals surface area contributed by atoms with E-state index in [4.69, 9.17) is 4.74 Å². The number of hydrogen-bond donors (Lipinski definition) is 2. The number of alkyl halides is 1. The summed E-state index contributed by atoms with van der Waals surface area (Å²) in [6.45, 7) is 7.37. The Kier molecular flexibility index (Phi) is 5.39. The highest BCUT2D eigenvalue weighted by Gasteiger charge is 2.76. The molecule has 0 saturated carbocycles. The van der Waals surface area contributed by atoms with Gasteiger partial charge in [-0.1, -0.05) is 22.0 Å². The first-order valence-corrected chi connectivity index (χ1v) is 10.00. The number of aliphatic hydroxyl groups excluding tert-OH is 1. The SMILES string of the molecule is C=CCN(C(=O)C1N(CCO)C(=O)[C@@H]2[C@@H](C(=O)O)[C@@H]3OC12CC3Br)C(C)C. The van der Waals surface area contributed by atoms with Crippen molar-refractivity contribution in [3.8, 4) is 0 Å². The molecular weight excluding hydrogens is 420 g/mol. The molecule has 0 aromatic carbocycles. The molecule has 0 aromatic heterocycles. The molecule has 6 atom stereocenters. The van der Waals surface area contributed by atoms with Gasteiger partial charge in [0.15, 0.2) is 0 Å². The minimum absolute atomic E-state index is 0.0408. The molecular formula is C18H25BrN2O6. The molecule has 9 heteroatoms. The average molecular weight is 445 g/mol. The number of fused-ring (bicyclic) bond motifs is 1. The highest BCUT2D eigenvalue weighted by Crippen LogP contribution is 2.60. The van der Waals surface area contributed by atoms with Crippen molar-refractivity contribution >= 4 is 33.7 Å². The average Bonchev–Trinajstić information content (AvgIpc) is 3.17. The van der Waals surface area contributed by atoms with Gasteiger partial charge in [0.25, 0.3) is 0 Å². The lowest BCUT2D eigenvalue weighted by molar-refractivity contribution is -0.151. The van der Waals surface area contributed by atoms with Crippen LogP contribution in [0.15, 0.2) is 12.7 Å². The molecule has 1 spiro atoms. The predicted molar refractivity (Wildman–Crippen MR) is 99.2 cm³/mol. The van der Waals surface area contributed by atoms with Crippen molar-refractivity contribution < 1.29 is 29.3 Å². The Morgan fingerprint density at radius 3 is 2.70 bits per heavy atom. The second-order valence-electron chi connectivity index (χ2n) is 7.63. The zero-order valence-corrected chi connectivity index (χ0v) is 17.0. The Bertz CT molecular complexity index is 670. The molecule has 3 aliphatic rings. The maximum Gasteiger partial charge on any atom is 0.310 e. The van der Waals surface area contributed by atoms with Crippen LogP contribution in [-0.2, 0) is 19.1 Å². The van der Waals surface area contributed by atoms with E-state index >= 15 is 0 Å². The molecule has 2 bridgehead atoms. The number of ether oxygens (including phenoxy) is 1. The summed E-state index contributed by atoms with van der Waals surface area (Å²) in [6, 6.07) is -1.09. The van der Waals surface area contributed by atoms with Crippen molar-refractivity contribution in [3.63, 3.8) is 0 Å². The Balaban J connectivity index is 2.08. The van der Waals surface area contributed by atoms with Crippen molar-refractivity contribution in [1.82, 2.24) is 9.80 Å². The fraction of sp³-hybridized carbons (Fsp3) is 0.722. The molecule has 0 aromatic rings. The first kappa shape index (κ1) is 20.3. The number of carboxylic acid groups (broad SMARTS) is 1. The number of likely N-dealkylation sites (tertiary alicyclic amines) is 1. The number of hydrogen-bond acceptors (Lipinski definition) is 5. The quantitative estimate of drug-likeness (QED) is 0.430. The minimum atomic E-state index is -1.19. The smallest absolute Gasteiger partial charge is 0.310 e. The van der Waals surface area contributed by atoms with Crippen molar-refractivity contribution in [2.75, 3.05) is 19.7 Å². The van der Waals surface area contributed by atoms with Crippen LogP contribution in [0.3, 0.4) is 0 Å². The van der Waals surface area contributed by atoms with Crippen LogP contribution in [0, 0.1) is 11.8 Å². The van der Waals surface area contributed by atoms with Gasteiger partial charge in [-0.25, -0.2) is 0 Å². The van der Waals surface area contributed by atoms with Crippen LogP contribution in [0.2, 0.25) is 0 Å². The molecule has 3 fully saturated rings. The molecule has 0 aliphatic carbocycles. The van der Waals surface area contributed by atoms with Crippen molar-refractivity contribution in [3.05, 3.63) is 12.7 Å². The number of rotatable bonds is 7. The fourth-order valence-corrected chi connectivity index (χ4v) is 5.83. The molecule has 150 valence electrons. The summed E-state index contributed by atoms with van der Waals surface area (Å²) in [5.74, 6) is -3.78. The first-order chi connectivity index (χ1) is 12.7. The predicted octanol–water partition coefficient (Wildman–Crippen LogP) is 0.234. The van der Waals surface area contributed by atoms with Crippen LogP contribution < -0.4 is 0 Å². The summed E-state index contributed by atoms with van der Waals surface area (Å²) in [6.07, 6.45) is 1.33. The van der Waals surface area contributed by atoms with Gasteiger partial charge in [-0.3, -0.25) is 14.4 Å². The zero-order valence-electron chi connectivity index (χ0n) is 15.4. The largest absolute Gasteiger partial charge is 0.481 e. The van der Waals surface area contributed by atoms with E-state index in [1.54, 1.807) is 11.0 Å². The molecule has 2 amide bonds. The molecule has 3 saturated heterocycles. The molecule has 3 heterocycles. The summed E-state index contributed by atoms with van der Waals surface area (Å²) in [5.41, 5.74) is -1.19. The van der Waals surface area contributed by atoms with E-state index in [0.29, 0.717) is 13.0 Å². The van der Waals surface area contributed by atoms with Crippen LogP contribution in [-0.4, -0.2) is 86.1 Å². The van der Waals surface area contributed by atoms with E-state index in [2.05, 4.69) is 22.5 Å². The van der Waals surface area contributed by atoms with Crippen molar-refractivity contribution in [2.24, 2.45) is 11.8 Å². The molecule has 3 unspecified atom stereocenters. The van der Waals surface area contributed by atoms with Gasteiger partial charge in [0.05, 0.1) is 24.5 Å². The third-order valence-corrected chi connectivity index (χ3v) is 6.73. The molecule has 2 N–H and O–H groups in total. The van der Waals surface area contributed by atoms with Gasteiger partial charge in [-0.05, 0) is 20.3 Å². The molecule has 3 rings (SSSR count). The standard InChI is InChI=1S/C18H25BrN2O6/c1-4-5-20(9(2)3)16(24)14-18-8-10(19)13(27-18)11(17(25)26)12(18)15(23)21(14)6-7-22/h4,9-14,22H,1,5-8H2,2-3H3,(H,25,26)/t10?,11-,12+,13-,14?,18?/m1/s1. The van der Waals surface area contributed by atoms with Crippen LogP contribution in [0.25, 0.3) is 0 Å². The summed E-state index contributed by atoms with van der Waals surface area (Å²) in [4.78, 5) is 41.1. The zero-order chi connectivity index (χ0) is 20.1. The molecule has 27 heavy (non-hydrogen) atoms. The van der Waals surface area contributed by atoms with Gasteiger partial charge >= 0.3 is 5.97 Å².